The Morgan fingerprint density at radius 2 is 2.19 bits per heavy atom. The Morgan fingerprint density at radius 3 is 2.69 bits per heavy atom. The van der Waals surface area contributed by atoms with Crippen LogP contribution < -0.4 is 5.32 Å². The second-order valence-electron chi connectivity index (χ2n) is 4.15. The Balaban J connectivity index is 2.90. The van der Waals surface area contributed by atoms with E-state index >= 15 is 0 Å². The molecule has 4 nitrogen and oxygen atoms in total. The fourth-order valence-corrected chi connectivity index (χ4v) is 2.00. The first kappa shape index (κ1) is 12.6. The average Bonchev–Trinajstić information content (AvgIpc) is 2.24. The van der Waals surface area contributed by atoms with Gasteiger partial charge in [0.1, 0.15) is 12.1 Å². The molecule has 0 aromatic heterocycles. The van der Waals surface area contributed by atoms with E-state index in [9.17, 15) is 9.59 Å². The number of carbonyl (C=O) groups is 2. The van der Waals surface area contributed by atoms with E-state index in [0.717, 1.165) is 0 Å². The Kier molecular flexibility index (Phi) is 3.94. The van der Waals surface area contributed by atoms with E-state index in [1.165, 1.54) is 0 Å². The van der Waals surface area contributed by atoms with Gasteiger partial charge in [-0.3, -0.25) is 9.59 Å². The van der Waals surface area contributed by atoms with Gasteiger partial charge in [-0.25, -0.2) is 0 Å². The molecule has 1 fully saturated rings. The standard InChI is InChI=1S/C12H18N2O2/c1-5-7-8(3)14-9(4)11(15)13-10(6-2)12(14)16/h1,8-10H,6-7H2,2-4H3,(H,13,15). The van der Waals surface area contributed by atoms with E-state index in [2.05, 4.69) is 11.2 Å². The van der Waals surface area contributed by atoms with Crippen LogP contribution in [0.2, 0.25) is 0 Å². The van der Waals surface area contributed by atoms with Crippen molar-refractivity contribution in [1.29, 1.82) is 0 Å². The van der Waals surface area contributed by atoms with E-state index in [0.29, 0.717) is 12.8 Å². The van der Waals surface area contributed by atoms with E-state index in [4.69, 9.17) is 6.42 Å². The maximum atomic E-state index is 12.1. The third-order valence-corrected chi connectivity index (χ3v) is 2.96. The summed E-state index contributed by atoms with van der Waals surface area (Å²) in [5, 5.41) is 2.71. The lowest BCUT2D eigenvalue weighted by molar-refractivity contribution is -0.151. The number of terminal acetylenes is 1. The molecule has 0 saturated carbocycles. The van der Waals surface area contributed by atoms with Crippen molar-refractivity contribution in [3.05, 3.63) is 0 Å². The average molecular weight is 222 g/mol. The summed E-state index contributed by atoms with van der Waals surface area (Å²) in [6.45, 7) is 5.48. The second kappa shape index (κ2) is 5.02. The van der Waals surface area contributed by atoms with Crippen LogP contribution in [0, 0.1) is 12.3 Å². The van der Waals surface area contributed by atoms with Gasteiger partial charge in [-0.15, -0.1) is 12.3 Å². The number of carbonyl (C=O) groups excluding carboxylic acids is 2. The molecular formula is C12H18N2O2. The molecule has 0 aliphatic carbocycles. The normalized spacial score (nSPS) is 27.2. The molecule has 2 amide bonds. The van der Waals surface area contributed by atoms with Gasteiger partial charge in [0.25, 0.3) is 0 Å². The smallest absolute Gasteiger partial charge is 0.246 e. The van der Waals surface area contributed by atoms with Gasteiger partial charge in [0.2, 0.25) is 11.8 Å². The fraction of sp³-hybridized carbons (Fsp3) is 0.667. The second-order valence-corrected chi connectivity index (χ2v) is 4.15. The highest BCUT2D eigenvalue weighted by molar-refractivity contribution is 5.96. The molecule has 0 aromatic rings. The fourth-order valence-electron chi connectivity index (χ4n) is 2.00. The van der Waals surface area contributed by atoms with Crippen molar-refractivity contribution in [2.45, 2.75) is 51.7 Å². The van der Waals surface area contributed by atoms with Gasteiger partial charge >= 0.3 is 0 Å². The van der Waals surface area contributed by atoms with Crippen LogP contribution >= 0.6 is 0 Å². The molecule has 0 aromatic carbocycles. The molecule has 1 N–H and O–H groups in total. The number of nitrogens with zero attached hydrogens (tertiary/aromatic N) is 1. The summed E-state index contributed by atoms with van der Waals surface area (Å²) >= 11 is 0. The maximum Gasteiger partial charge on any atom is 0.246 e. The summed E-state index contributed by atoms with van der Waals surface area (Å²) in [5.41, 5.74) is 0. The molecule has 1 aliphatic heterocycles. The Bertz CT molecular complexity index is 332. The first-order chi connectivity index (χ1) is 7.52. The zero-order valence-electron chi connectivity index (χ0n) is 9.99. The maximum absolute atomic E-state index is 12.1. The van der Waals surface area contributed by atoms with Gasteiger partial charge in [-0.05, 0) is 20.3 Å². The zero-order valence-corrected chi connectivity index (χ0v) is 9.99. The zero-order chi connectivity index (χ0) is 12.3. The molecule has 0 bridgehead atoms. The third-order valence-electron chi connectivity index (χ3n) is 2.96. The Hall–Kier alpha value is -1.50. The lowest BCUT2D eigenvalue weighted by Crippen LogP contribution is -2.64. The van der Waals surface area contributed by atoms with Crippen molar-refractivity contribution in [2.75, 3.05) is 0 Å². The van der Waals surface area contributed by atoms with Crippen molar-refractivity contribution in [3.63, 3.8) is 0 Å². The van der Waals surface area contributed by atoms with Gasteiger partial charge in [0.15, 0.2) is 0 Å². The van der Waals surface area contributed by atoms with Crippen LogP contribution in [0.1, 0.15) is 33.6 Å². The summed E-state index contributed by atoms with van der Waals surface area (Å²) in [6, 6.07) is -0.921. The molecule has 88 valence electrons. The lowest BCUT2D eigenvalue weighted by Gasteiger charge is -2.40. The predicted octanol–water partition coefficient (Wildman–Crippen LogP) is 0.524. The topological polar surface area (TPSA) is 49.4 Å². The first-order valence-electron chi connectivity index (χ1n) is 5.58. The molecular weight excluding hydrogens is 204 g/mol. The molecule has 1 aliphatic rings. The number of nitrogens with one attached hydrogen (secondary N) is 1. The SMILES string of the molecule is C#CCC(C)N1C(=O)C(CC)NC(=O)C1C. The van der Waals surface area contributed by atoms with Crippen molar-refractivity contribution in [1.82, 2.24) is 10.2 Å². The molecule has 3 unspecified atom stereocenters. The summed E-state index contributed by atoms with van der Waals surface area (Å²) < 4.78 is 0. The summed E-state index contributed by atoms with van der Waals surface area (Å²) in [4.78, 5) is 25.3. The molecule has 1 rings (SSSR count). The lowest BCUT2D eigenvalue weighted by atomic mass is 10.0. The minimum Gasteiger partial charge on any atom is -0.343 e. The molecule has 0 radical (unpaired) electrons. The third kappa shape index (κ3) is 2.19. The summed E-state index contributed by atoms with van der Waals surface area (Å²) in [5.74, 6) is 2.40. The van der Waals surface area contributed by atoms with Gasteiger partial charge < -0.3 is 10.2 Å². The number of amides is 2. The number of piperazine rings is 1. The monoisotopic (exact) mass is 222 g/mol. The molecule has 16 heavy (non-hydrogen) atoms. The highest BCUT2D eigenvalue weighted by Gasteiger charge is 2.39. The summed E-state index contributed by atoms with van der Waals surface area (Å²) in [7, 11) is 0. The van der Waals surface area contributed by atoms with Crippen LogP contribution in [0.5, 0.6) is 0 Å². The van der Waals surface area contributed by atoms with E-state index < -0.39 is 12.1 Å². The molecule has 1 heterocycles. The first-order valence-corrected chi connectivity index (χ1v) is 5.58. The quantitative estimate of drug-likeness (QED) is 0.708. The minimum absolute atomic E-state index is 0.0302. The van der Waals surface area contributed by atoms with Gasteiger partial charge in [-0.1, -0.05) is 6.92 Å². The van der Waals surface area contributed by atoms with Crippen molar-refractivity contribution < 1.29 is 9.59 Å². The summed E-state index contributed by atoms with van der Waals surface area (Å²) in [6.07, 6.45) is 6.32. The van der Waals surface area contributed by atoms with Crippen molar-refractivity contribution in [2.24, 2.45) is 0 Å². The van der Waals surface area contributed by atoms with Gasteiger partial charge in [-0.2, -0.15) is 0 Å². The Morgan fingerprint density at radius 1 is 1.56 bits per heavy atom. The van der Waals surface area contributed by atoms with E-state index in [-0.39, 0.29) is 17.9 Å². The van der Waals surface area contributed by atoms with Crippen LogP contribution in [0.25, 0.3) is 0 Å². The van der Waals surface area contributed by atoms with E-state index in [1.54, 1.807) is 11.8 Å². The van der Waals surface area contributed by atoms with Crippen LogP contribution in [-0.4, -0.2) is 34.8 Å². The van der Waals surface area contributed by atoms with Crippen LogP contribution in [-0.2, 0) is 9.59 Å². The molecule has 4 heteroatoms. The highest BCUT2D eigenvalue weighted by atomic mass is 16.2. The Labute approximate surface area is 96.4 Å². The minimum atomic E-state index is -0.432. The van der Waals surface area contributed by atoms with Crippen LogP contribution in [0.3, 0.4) is 0 Å². The number of rotatable bonds is 3. The van der Waals surface area contributed by atoms with Crippen LogP contribution in [0.15, 0.2) is 0 Å². The molecule has 0 spiro atoms. The van der Waals surface area contributed by atoms with Gasteiger partial charge in [0, 0.05) is 12.5 Å². The van der Waals surface area contributed by atoms with E-state index in [1.807, 2.05) is 13.8 Å². The molecule has 3 atom stereocenters. The molecule has 1 saturated heterocycles. The predicted molar refractivity (Wildman–Crippen MR) is 61.4 cm³/mol. The van der Waals surface area contributed by atoms with Crippen molar-refractivity contribution in [3.8, 4) is 12.3 Å². The van der Waals surface area contributed by atoms with Crippen LogP contribution in [0.4, 0.5) is 0 Å². The highest BCUT2D eigenvalue weighted by Crippen LogP contribution is 2.16. The largest absolute Gasteiger partial charge is 0.343 e. The number of hydrogen-bond acceptors (Lipinski definition) is 2. The van der Waals surface area contributed by atoms with Gasteiger partial charge in [0.05, 0.1) is 0 Å². The number of hydrogen-bond donors (Lipinski definition) is 1. The van der Waals surface area contributed by atoms with Crippen molar-refractivity contribution >= 4 is 11.8 Å².